The van der Waals surface area contributed by atoms with E-state index in [2.05, 4.69) is 51.7 Å². The van der Waals surface area contributed by atoms with Crippen LogP contribution in [0.5, 0.6) is 11.5 Å². The molecule has 0 aromatic heterocycles. The number of hydrogen-bond acceptors (Lipinski definition) is 4. The van der Waals surface area contributed by atoms with E-state index >= 15 is 0 Å². The highest BCUT2D eigenvalue weighted by Gasteiger charge is 2.16. The lowest BCUT2D eigenvalue weighted by Gasteiger charge is -2.22. The number of hydrogen-bond donors (Lipinski definition) is 1. The Labute approximate surface area is 179 Å². The van der Waals surface area contributed by atoms with Gasteiger partial charge in [0.05, 0.1) is 14.2 Å². The molecule has 0 aliphatic rings. The first kappa shape index (κ1) is 23.1. The number of aryl methyl sites for hydroxylation is 2. The Balaban J connectivity index is 1.96. The first-order chi connectivity index (χ1) is 13.7. The van der Waals surface area contributed by atoms with E-state index in [1.807, 2.05) is 18.2 Å². The number of nitrogens with two attached hydrogens (primary N) is 1. The number of methoxy groups -OCH3 is 2. The zero-order valence-electron chi connectivity index (χ0n) is 18.8. The molecule has 0 fully saturated rings. The molecule has 0 heterocycles. The van der Waals surface area contributed by atoms with Gasteiger partial charge in [0.2, 0.25) is 0 Å². The first-order valence-electron chi connectivity index (χ1n) is 9.90. The van der Waals surface area contributed by atoms with E-state index in [9.17, 15) is 0 Å². The summed E-state index contributed by atoms with van der Waals surface area (Å²) in [5.74, 6) is 2.31. The molecule has 2 aromatic rings. The van der Waals surface area contributed by atoms with Gasteiger partial charge in [-0.1, -0.05) is 50.7 Å². The summed E-state index contributed by atoms with van der Waals surface area (Å²) in [7, 11) is 3.28. The summed E-state index contributed by atoms with van der Waals surface area (Å²) < 4.78 is 10.6. The summed E-state index contributed by atoms with van der Waals surface area (Å²) in [4.78, 5) is 4.53. The van der Waals surface area contributed by atoms with Crippen molar-refractivity contribution >= 4 is 16.9 Å². The van der Waals surface area contributed by atoms with Crippen molar-refractivity contribution in [1.29, 1.82) is 0 Å². The molecule has 0 saturated heterocycles. The summed E-state index contributed by atoms with van der Waals surface area (Å²) in [5.41, 5.74) is 12.8. The summed E-state index contributed by atoms with van der Waals surface area (Å²) in [6.07, 6.45) is 0.806. The molecular formula is C24H34N2O2S. The molecule has 0 unspecified atom stereocenters. The van der Waals surface area contributed by atoms with E-state index in [1.54, 1.807) is 26.0 Å². The molecule has 2 rings (SSSR count). The second-order valence-corrected chi connectivity index (χ2v) is 9.28. The van der Waals surface area contributed by atoms with Crippen LogP contribution >= 0.6 is 11.8 Å². The summed E-state index contributed by atoms with van der Waals surface area (Å²) in [6, 6.07) is 10.5. The third-order valence-corrected chi connectivity index (χ3v) is 5.90. The van der Waals surface area contributed by atoms with Crippen molar-refractivity contribution in [3.8, 4) is 11.5 Å². The van der Waals surface area contributed by atoms with Crippen LogP contribution in [0.2, 0.25) is 0 Å². The maximum atomic E-state index is 6.15. The van der Waals surface area contributed by atoms with Gasteiger partial charge in [-0.15, -0.1) is 0 Å². The van der Waals surface area contributed by atoms with Crippen molar-refractivity contribution in [2.75, 3.05) is 20.8 Å². The highest BCUT2D eigenvalue weighted by atomic mass is 32.2. The lowest BCUT2D eigenvalue weighted by molar-refractivity contribution is 0.354. The zero-order valence-corrected chi connectivity index (χ0v) is 19.6. The molecule has 0 aliphatic heterocycles. The fourth-order valence-electron chi connectivity index (χ4n) is 3.18. The highest BCUT2D eigenvalue weighted by Crippen LogP contribution is 2.29. The SMILES string of the molecule is COc1ccc(CCN=C(N)SCc2c(C)cc(C(C)(C)C)cc2C)cc1OC. The second kappa shape index (κ2) is 10.1. The molecule has 0 aliphatic carbocycles. The van der Waals surface area contributed by atoms with Gasteiger partial charge in [0, 0.05) is 12.3 Å². The standard InChI is InChI=1S/C24H34N2O2S/c1-16-12-19(24(3,4)5)13-17(2)20(16)15-29-23(25)26-11-10-18-8-9-21(27-6)22(14-18)28-7/h8-9,12-14H,10-11,15H2,1-7H3,(H2,25,26). The molecular weight excluding hydrogens is 380 g/mol. The van der Waals surface area contributed by atoms with Gasteiger partial charge in [0.25, 0.3) is 0 Å². The van der Waals surface area contributed by atoms with Crippen LogP contribution in [-0.4, -0.2) is 25.9 Å². The van der Waals surface area contributed by atoms with Gasteiger partial charge < -0.3 is 15.2 Å². The number of thioether (sulfide) groups is 1. The highest BCUT2D eigenvalue weighted by molar-refractivity contribution is 8.13. The fourth-order valence-corrected chi connectivity index (χ4v) is 4.11. The molecule has 2 N–H and O–H groups in total. The number of aliphatic imine (C=N–C) groups is 1. The van der Waals surface area contributed by atoms with Crippen molar-refractivity contribution in [2.24, 2.45) is 10.7 Å². The third kappa shape index (κ3) is 6.43. The van der Waals surface area contributed by atoms with Crippen molar-refractivity contribution in [2.45, 2.75) is 52.2 Å². The van der Waals surface area contributed by atoms with E-state index in [-0.39, 0.29) is 5.41 Å². The van der Waals surface area contributed by atoms with Crippen LogP contribution in [-0.2, 0) is 17.6 Å². The smallest absolute Gasteiger partial charge is 0.160 e. The number of ether oxygens (including phenoxy) is 2. The molecule has 158 valence electrons. The molecule has 4 nitrogen and oxygen atoms in total. The lowest BCUT2D eigenvalue weighted by Crippen LogP contribution is -2.13. The molecule has 2 aromatic carbocycles. The van der Waals surface area contributed by atoms with Crippen molar-refractivity contribution in [1.82, 2.24) is 0 Å². The number of amidine groups is 1. The summed E-state index contributed by atoms with van der Waals surface area (Å²) in [5, 5.41) is 0.629. The van der Waals surface area contributed by atoms with E-state index < -0.39 is 0 Å². The maximum absolute atomic E-state index is 6.15. The van der Waals surface area contributed by atoms with Gasteiger partial charge in [-0.05, 0) is 65.6 Å². The number of nitrogens with zero attached hydrogens (tertiary/aromatic N) is 1. The van der Waals surface area contributed by atoms with Gasteiger partial charge in [0.1, 0.15) is 0 Å². The van der Waals surface area contributed by atoms with Gasteiger partial charge in [-0.25, -0.2) is 0 Å². The number of rotatable bonds is 7. The van der Waals surface area contributed by atoms with Crippen LogP contribution in [0.15, 0.2) is 35.3 Å². The Morgan fingerprint density at radius 1 is 1.00 bits per heavy atom. The van der Waals surface area contributed by atoms with Crippen LogP contribution in [0.25, 0.3) is 0 Å². The van der Waals surface area contributed by atoms with Crippen molar-refractivity contribution in [3.05, 3.63) is 58.1 Å². The average Bonchev–Trinajstić information content (AvgIpc) is 2.66. The van der Waals surface area contributed by atoms with Gasteiger partial charge in [-0.2, -0.15) is 0 Å². The molecule has 0 spiro atoms. The van der Waals surface area contributed by atoms with Crippen LogP contribution in [0.4, 0.5) is 0 Å². The van der Waals surface area contributed by atoms with Gasteiger partial charge in [0.15, 0.2) is 16.7 Å². The van der Waals surface area contributed by atoms with Crippen LogP contribution in [0.1, 0.15) is 48.6 Å². The Bertz CT molecular complexity index is 847. The predicted molar refractivity (Wildman–Crippen MR) is 126 cm³/mol. The summed E-state index contributed by atoms with van der Waals surface area (Å²) in [6.45, 7) is 11.8. The van der Waals surface area contributed by atoms with E-state index in [4.69, 9.17) is 15.2 Å². The largest absolute Gasteiger partial charge is 0.493 e. The molecule has 0 atom stereocenters. The molecule has 0 saturated carbocycles. The average molecular weight is 415 g/mol. The molecule has 0 amide bonds. The normalized spacial score (nSPS) is 12.2. The Morgan fingerprint density at radius 3 is 2.17 bits per heavy atom. The minimum atomic E-state index is 0.159. The predicted octanol–water partition coefficient (Wildman–Crippen LogP) is 5.41. The minimum absolute atomic E-state index is 0.159. The van der Waals surface area contributed by atoms with E-state index in [0.717, 1.165) is 29.2 Å². The maximum Gasteiger partial charge on any atom is 0.160 e. The van der Waals surface area contributed by atoms with Gasteiger partial charge >= 0.3 is 0 Å². The lowest BCUT2D eigenvalue weighted by atomic mass is 9.84. The topological polar surface area (TPSA) is 56.8 Å². The van der Waals surface area contributed by atoms with Crippen LogP contribution in [0, 0.1) is 13.8 Å². The van der Waals surface area contributed by atoms with Crippen LogP contribution < -0.4 is 15.2 Å². The van der Waals surface area contributed by atoms with E-state index in [1.165, 1.54) is 22.3 Å². The van der Waals surface area contributed by atoms with Crippen molar-refractivity contribution < 1.29 is 9.47 Å². The molecule has 29 heavy (non-hydrogen) atoms. The third-order valence-electron chi connectivity index (χ3n) is 5.04. The molecule has 0 bridgehead atoms. The Hall–Kier alpha value is -2.14. The van der Waals surface area contributed by atoms with E-state index in [0.29, 0.717) is 11.7 Å². The van der Waals surface area contributed by atoms with Crippen LogP contribution in [0.3, 0.4) is 0 Å². The number of benzene rings is 2. The monoisotopic (exact) mass is 414 g/mol. The molecule has 0 radical (unpaired) electrons. The Morgan fingerprint density at radius 2 is 1.62 bits per heavy atom. The Kier molecular flexibility index (Phi) is 8.03. The quantitative estimate of drug-likeness (QED) is 0.486. The fraction of sp³-hybridized carbons (Fsp3) is 0.458. The zero-order chi connectivity index (χ0) is 21.6. The van der Waals surface area contributed by atoms with Crippen molar-refractivity contribution in [3.63, 3.8) is 0 Å². The van der Waals surface area contributed by atoms with Gasteiger partial charge in [-0.3, -0.25) is 4.99 Å². The minimum Gasteiger partial charge on any atom is -0.493 e. The second-order valence-electron chi connectivity index (χ2n) is 8.29. The summed E-state index contributed by atoms with van der Waals surface area (Å²) >= 11 is 1.60. The first-order valence-corrected chi connectivity index (χ1v) is 10.9. The molecule has 5 heteroatoms.